The number of aromatic nitrogens is 4. The zero-order chi connectivity index (χ0) is 22.1. The third-order valence-electron chi connectivity index (χ3n) is 5.45. The minimum atomic E-state index is -0.142. The number of rotatable bonds is 5. The summed E-state index contributed by atoms with van der Waals surface area (Å²) < 4.78 is 1.69. The number of carbonyl (C=O) groups is 2. The van der Waals surface area contributed by atoms with Crippen molar-refractivity contribution in [1.29, 1.82) is 0 Å². The maximum atomic E-state index is 12.8. The van der Waals surface area contributed by atoms with Crippen LogP contribution in [0.15, 0.2) is 30.3 Å². The fourth-order valence-electron chi connectivity index (χ4n) is 3.97. The minimum Gasteiger partial charge on any atom is -0.326 e. The number of carbonyl (C=O) groups excluding carboxylic acids is 2. The van der Waals surface area contributed by atoms with Gasteiger partial charge >= 0.3 is 0 Å². The van der Waals surface area contributed by atoms with Crippen LogP contribution in [-0.2, 0) is 16.0 Å². The highest BCUT2D eigenvalue weighted by atomic mass is 16.2. The van der Waals surface area contributed by atoms with Crippen LogP contribution in [0.3, 0.4) is 0 Å². The molecule has 2 amide bonds. The smallest absolute Gasteiger partial charge is 0.251 e. The molecule has 0 spiro atoms. The monoisotopic (exact) mass is 418 g/mol. The van der Waals surface area contributed by atoms with Crippen molar-refractivity contribution in [2.75, 3.05) is 16.8 Å². The largest absolute Gasteiger partial charge is 0.326 e. The van der Waals surface area contributed by atoms with Gasteiger partial charge in [0.25, 0.3) is 5.95 Å². The number of hydrogen-bond acceptors (Lipinski definition) is 5. The van der Waals surface area contributed by atoms with Crippen LogP contribution in [0.5, 0.6) is 0 Å². The van der Waals surface area contributed by atoms with Crippen LogP contribution in [0.1, 0.15) is 41.2 Å². The molecule has 1 saturated heterocycles. The number of nitrogens with one attached hydrogen (secondary N) is 1. The molecule has 0 atom stereocenters. The van der Waals surface area contributed by atoms with E-state index in [0.717, 1.165) is 40.4 Å². The molecule has 1 aliphatic rings. The SMILES string of the molecule is Cc1cc(C)nc(-n2nc(C)c(CC(=O)Nc3cccc(N4CCCC4=O)c3)c2C)n1. The summed E-state index contributed by atoms with van der Waals surface area (Å²) in [5.74, 6) is 0.487. The van der Waals surface area contributed by atoms with E-state index in [-0.39, 0.29) is 18.2 Å². The lowest BCUT2D eigenvalue weighted by Gasteiger charge is -2.16. The summed E-state index contributed by atoms with van der Waals surface area (Å²) in [6.07, 6.45) is 1.63. The Kier molecular flexibility index (Phi) is 5.54. The molecule has 0 aliphatic carbocycles. The zero-order valence-electron chi connectivity index (χ0n) is 18.3. The number of nitrogens with zero attached hydrogens (tertiary/aromatic N) is 5. The Morgan fingerprint density at radius 2 is 1.84 bits per heavy atom. The number of aryl methyl sites for hydroxylation is 3. The van der Waals surface area contributed by atoms with Gasteiger partial charge in [-0.3, -0.25) is 9.59 Å². The summed E-state index contributed by atoms with van der Waals surface area (Å²) in [5, 5.41) is 7.51. The molecule has 0 bridgehead atoms. The van der Waals surface area contributed by atoms with E-state index in [1.165, 1.54) is 0 Å². The van der Waals surface area contributed by atoms with Crippen molar-refractivity contribution in [3.63, 3.8) is 0 Å². The Balaban J connectivity index is 1.52. The molecule has 3 heterocycles. The van der Waals surface area contributed by atoms with Crippen LogP contribution in [0.4, 0.5) is 11.4 Å². The van der Waals surface area contributed by atoms with Crippen LogP contribution in [0, 0.1) is 27.7 Å². The van der Waals surface area contributed by atoms with Crippen LogP contribution in [0.2, 0.25) is 0 Å². The van der Waals surface area contributed by atoms with Gasteiger partial charge in [-0.15, -0.1) is 0 Å². The molecule has 1 aliphatic heterocycles. The first-order valence-corrected chi connectivity index (χ1v) is 10.4. The van der Waals surface area contributed by atoms with E-state index in [1.54, 1.807) is 9.58 Å². The number of anilines is 2. The van der Waals surface area contributed by atoms with Crippen molar-refractivity contribution in [2.45, 2.75) is 47.0 Å². The third-order valence-corrected chi connectivity index (χ3v) is 5.45. The minimum absolute atomic E-state index is 0.121. The van der Waals surface area contributed by atoms with Gasteiger partial charge in [-0.1, -0.05) is 6.07 Å². The van der Waals surface area contributed by atoms with Crippen molar-refractivity contribution in [3.05, 3.63) is 58.7 Å². The summed E-state index contributed by atoms with van der Waals surface area (Å²) in [4.78, 5) is 35.5. The normalized spacial score (nSPS) is 13.7. The van der Waals surface area contributed by atoms with Crippen LogP contribution >= 0.6 is 0 Å². The Morgan fingerprint density at radius 1 is 1.10 bits per heavy atom. The topological polar surface area (TPSA) is 93.0 Å². The average Bonchev–Trinajstić information content (AvgIpc) is 3.25. The van der Waals surface area contributed by atoms with E-state index < -0.39 is 0 Å². The third kappa shape index (κ3) is 4.33. The van der Waals surface area contributed by atoms with Crippen LogP contribution in [-0.4, -0.2) is 38.1 Å². The van der Waals surface area contributed by atoms with Crippen molar-refractivity contribution < 1.29 is 9.59 Å². The molecule has 1 fully saturated rings. The van der Waals surface area contributed by atoms with Gasteiger partial charge in [0.05, 0.1) is 12.1 Å². The first-order valence-electron chi connectivity index (χ1n) is 10.4. The quantitative estimate of drug-likeness (QED) is 0.687. The van der Waals surface area contributed by atoms with Gasteiger partial charge < -0.3 is 10.2 Å². The molecule has 8 nitrogen and oxygen atoms in total. The van der Waals surface area contributed by atoms with E-state index in [2.05, 4.69) is 20.4 Å². The molecule has 8 heteroatoms. The number of amides is 2. The van der Waals surface area contributed by atoms with E-state index >= 15 is 0 Å². The van der Waals surface area contributed by atoms with Gasteiger partial charge in [0.2, 0.25) is 11.8 Å². The van der Waals surface area contributed by atoms with Gasteiger partial charge in [0.1, 0.15) is 0 Å². The Bertz CT molecular complexity index is 1150. The fraction of sp³-hybridized carbons (Fsp3) is 0.348. The molecule has 160 valence electrons. The second-order valence-electron chi connectivity index (χ2n) is 7.94. The average molecular weight is 419 g/mol. The predicted octanol–water partition coefficient (Wildman–Crippen LogP) is 3.20. The van der Waals surface area contributed by atoms with Gasteiger partial charge in [-0.25, -0.2) is 14.6 Å². The summed E-state index contributed by atoms with van der Waals surface area (Å²) in [7, 11) is 0. The second kappa shape index (κ2) is 8.29. The zero-order valence-corrected chi connectivity index (χ0v) is 18.3. The van der Waals surface area contributed by atoms with Crippen molar-refractivity contribution in [1.82, 2.24) is 19.7 Å². The second-order valence-corrected chi connectivity index (χ2v) is 7.94. The highest BCUT2D eigenvalue weighted by Gasteiger charge is 2.22. The molecule has 2 aromatic heterocycles. The van der Waals surface area contributed by atoms with E-state index in [4.69, 9.17) is 0 Å². The first kappa shape index (κ1) is 20.7. The van der Waals surface area contributed by atoms with Crippen molar-refractivity contribution in [3.8, 4) is 5.95 Å². The lowest BCUT2D eigenvalue weighted by atomic mass is 10.1. The van der Waals surface area contributed by atoms with Gasteiger partial charge in [-0.05, 0) is 58.4 Å². The molecule has 1 aromatic carbocycles. The molecule has 3 aromatic rings. The van der Waals surface area contributed by atoms with Gasteiger partial charge in [-0.2, -0.15) is 5.10 Å². The Labute approximate surface area is 181 Å². The lowest BCUT2D eigenvalue weighted by Crippen LogP contribution is -2.24. The van der Waals surface area contributed by atoms with Crippen LogP contribution < -0.4 is 10.2 Å². The van der Waals surface area contributed by atoms with E-state index in [1.807, 2.05) is 58.0 Å². The van der Waals surface area contributed by atoms with Crippen molar-refractivity contribution in [2.24, 2.45) is 0 Å². The van der Waals surface area contributed by atoms with Gasteiger partial charge in [0, 0.05) is 47.0 Å². The molecule has 0 radical (unpaired) electrons. The molecular formula is C23H26N6O2. The molecule has 1 N–H and O–H groups in total. The predicted molar refractivity (Wildman–Crippen MR) is 118 cm³/mol. The molecule has 0 saturated carbocycles. The summed E-state index contributed by atoms with van der Waals surface area (Å²) in [6.45, 7) is 8.36. The summed E-state index contributed by atoms with van der Waals surface area (Å²) in [5.41, 5.74) is 5.68. The van der Waals surface area contributed by atoms with Crippen molar-refractivity contribution >= 4 is 23.2 Å². The highest BCUT2D eigenvalue weighted by Crippen LogP contribution is 2.25. The number of benzene rings is 1. The number of hydrogen-bond donors (Lipinski definition) is 1. The summed E-state index contributed by atoms with van der Waals surface area (Å²) >= 11 is 0. The highest BCUT2D eigenvalue weighted by molar-refractivity contribution is 5.97. The Morgan fingerprint density at radius 3 is 2.52 bits per heavy atom. The fourth-order valence-corrected chi connectivity index (χ4v) is 3.97. The maximum absolute atomic E-state index is 12.8. The maximum Gasteiger partial charge on any atom is 0.251 e. The Hall–Kier alpha value is -3.55. The molecule has 31 heavy (non-hydrogen) atoms. The summed E-state index contributed by atoms with van der Waals surface area (Å²) in [6, 6.07) is 9.32. The van der Waals surface area contributed by atoms with E-state index in [9.17, 15) is 9.59 Å². The lowest BCUT2D eigenvalue weighted by molar-refractivity contribution is -0.117. The van der Waals surface area contributed by atoms with Gasteiger partial charge in [0.15, 0.2) is 0 Å². The first-order chi connectivity index (χ1) is 14.8. The molecular weight excluding hydrogens is 392 g/mol. The standard InChI is InChI=1S/C23H26N6O2/c1-14-11-15(2)25-23(24-14)29-17(4)20(16(3)27-29)13-21(30)26-18-7-5-8-19(12-18)28-10-6-9-22(28)31/h5,7-8,11-12H,6,9-10,13H2,1-4H3,(H,26,30). The molecule has 0 unspecified atom stereocenters. The molecule has 4 rings (SSSR count). The van der Waals surface area contributed by atoms with E-state index in [0.29, 0.717) is 24.6 Å². The van der Waals surface area contributed by atoms with Crippen LogP contribution in [0.25, 0.3) is 5.95 Å².